The quantitative estimate of drug-likeness (QED) is 0.412. The van der Waals surface area contributed by atoms with Crippen LogP contribution in [0.5, 0.6) is 0 Å². The summed E-state index contributed by atoms with van der Waals surface area (Å²) in [5.41, 5.74) is 0. The Morgan fingerprint density at radius 1 is 0.600 bits per heavy atom. The summed E-state index contributed by atoms with van der Waals surface area (Å²) < 4.78 is 63.2. The highest BCUT2D eigenvalue weighted by atomic mass is 31.1. The van der Waals surface area contributed by atoms with E-state index in [0.717, 1.165) is 0 Å². The van der Waals surface area contributed by atoms with Gasteiger partial charge in [0.25, 0.3) is 0 Å². The number of hydrogen-bond acceptors (Lipinski definition) is 9. The van der Waals surface area contributed by atoms with Crippen molar-refractivity contribution in [3.05, 3.63) is 0 Å². The van der Waals surface area contributed by atoms with Gasteiger partial charge in [0.15, 0.2) is 0 Å². The standard InChI is InChI=1S/C6H18O9P3Si2/c1-10-16(7)12-19(3,4)14-18(9)15-20(5,6)13-17(8)11-2/h1-6H3/q+3. The van der Waals surface area contributed by atoms with Gasteiger partial charge in [-0.05, 0) is 26.2 Å². The molecular formula is C6H18O9P3Si2+3. The first kappa shape index (κ1) is 20.5. The molecule has 0 saturated heterocycles. The minimum absolute atomic E-state index is 1.21. The van der Waals surface area contributed by atoms with Crippen LogP contribution in [0.3, 0.4) is 0 Å². The molecule has 0 spiro atoms. The summed E-state index contributed by atoms with van der Waals surface area (Å²) in [7, 11) is -10.7. The molecule has 116 valence electrons. The van der Waals surface area contributed by atoms with Crippen molar-refractivity contribution in [1.29, 1.82) is 0 Å². The van der Waals surface area contributed by atoms with Crippen LogP contribution in [0.15, 0.2) is 0 Å². The van der Waals surface area contributed by atoms with Gasteiger partial charge >= 0.3 is 41.9 Å². The molecule has 0 rings (SSSR count). The van der Waals surface area contributed by atoms with Crippen molar-refractivity contribution >= 4 is 41.9 Å². The first-order valence-corrected chi connectivity index (χ1v) is 14.2. The molecule has 0 fully saturated rings. The van der Waals surface area contributed by atoms with E-state index in [1.807, 2.05) is 0 Å². The lowest BCUT2D eigenvalue weighted by Crippen LogP contribution is -2.33. The third kappa shape index (κ3) is 9.43. The van der Waals surface area contributed by atoms with Gasteiger partial charge in [-0.2, -0.15) is 0 Å². The Hall–Kier alpha value is 0.494. The van der Waals surface area contributed by atoms with Crippen molar-refractivity contribution in [3.8, 4) is 0 Å². The maximum absolute atomic E-state index is 11.8. The lowest BCUT2D eigenvalue weighted by atomic mass is 11.8. The Labute approximate surface area is 122 Å². The normalized spacial score (nSPS) is 15.0. The second-order valence-corrected chi connectivity index (χ2v) is 14.8. The van der Waals surface area contributed by atoms with Crippen LogP contribution < -0.4 is 0 Å². The van der Waals surface area contributed by atoms with E-state index in [-0.39, 0.29) is 0 Å². The predicted molar refractivity (Wildman–Crippen MR) is 76.1 cm³/mol. The van der Waals surface area contributed by atoms with Crippen molar-refractivity contribution in [3.63, 3.8) is 0 Å². The maximum atomic E-state index is 11.8. The minimum Gasteiger partial charge on any atom is -0.136 e. The maximum Gasteiger partial charge on any atom is 0.688 e. The molecule has 0 amide bonds. The number of hydrogen-bond donors (Lipinski definition) is 0. The highest BCUT2D eigenvalue weighted by Gasteiger charge is 2.52. The fourth-order valence-electron chi connectivity index (χ4n) is 0.845. The molecule has 0 aliphatic heterocycles. The van der Waals surface area contributed by atoms with Gasteiger partial charge < -0.3 is 0 Å². The average Bonchev–Trinajstić information content (AvgIpc) is 2.25. The Morgan fingerprint density at radius 3 is 1.10 bits per heavy atom. The van der Waals surface area contributed by atoms with Crippen LogP contribution in [0.1, 0.15) is 0 Å². The molecule has 0 heterocycles. The van der Waals surface area contributed by atoms with Crippen molar-refractivity contribution < 1.29 is 39.6 Å². The van der Waals surface area contributed by atoms with Gasteiger partial charge in [-0.25, -0.2) is 0 Å². The van der Waals surface area contributed by atoms with Gasteiger partial charge in [0.2, 0.25) is 0 Å². The molecule has 9 nitrogen and oxygen atoms in total. The van der Waals surface area contributed by atoms with Gasteiger partial charge in [0.1, 0.15) is 0 Å². The summed E-state index contributed by atoms with van der Waals surface area (Å²) in [5.74, 6) is 0. The Balaban J connectivity index is 4.47. The van der Waals surface area contributed by atoms with Crippen LogP contribution in [0.2, 0.25) is 26.2 Å². The molecule has 20 heavy (non-hydrogen) atoms. The summed E-state index contributed by atoms with van der Waals surface area (Å²) in [6.07, 6.45) is 0. The smallest absolute Gasteiger partial charge is 0.136 e. The number of rotatable bonds is 10. The third-order valence-electron chi connectivity index (χ3n) is 1.48. The topological polar surface area (TPSA) is 107 Å². The molecule has 0 aromatic rings. The molecule has 0 radical (unpaired) electrons. The van der Waals surface area contributed by atoms with E-state index >= 15 is 0 Å². The van der Waals surface area contributed by atoms with Crippen molar-refractivity contribution in [2.24, 2.45) is 0 Å². The van der Waals surface area contributed by atoms with E-state index in [0.29, 0.717) is 0 Å². The first-order valence-electron chi connectivity index (χ1n) is 5.28. The SMILES string of the molecule is CO[P+](=O)O[Si](C)(C)O[P+](=O)O[Si](C)(C)O[P+](=O)OC. The highest BCUT2D eigenvalue weighted by molar-refractivity contribution is 7.40. The fraction of sp³-hybridized carbons (Fsp3) is 1.00. The van der Waals surface area contributed by atoms with Gasteiger partial charge in [0, 0.05) is 13.7 Å². The molecule has 2 unspecified atom stereocenters. The van der Waals surface area contributed by atoms with Crippen LogP contribution in [0.25, 0.3) is 0 Å². The van der Waals surface area contributed by atoms with Crippen LogP contribution in [0, 0.1) is 0 Å². The van der Waals surface area contributed by atoms with Crippen LogP contribution >= 0.6 is 24.8 Å². The Kier molecular flexibility index (Phi) is 9.04. The summed E-state index contributed by atoms with van der Waals surface area (Å²) in [6.45, 7) is 6.11. The summed E-state index contributed by atoms with van der Waals surface area (Å²) >= 11 is 0. The Bertz CT molecular complexity index is 354. The molecule has 0 aromatic carbocycles. The van der Waals surface area contributed by atoms with E-state index in [9.17, 15) is 13.7 Å². The van der Waals surface area contributed by atoms with E-state index < -0.39 is 41.9 Å². The summed E-state index contributed by atoms with van der Waals surface area (Å²) in [4.78, 5) is 0. The zero-order valence-electron chi connectivity index (χ0n) is 12.0. The molecule has 0 saturated carbocycles. The molecule has 0 bridgehead atoms. The van der Waals surface area contributed by atoms with Gasteiger partial charge in [-0.3, -0.25) is 0 Å². The van der Waals surface area contributed by atoms with Gasteiger partial charge in [0.05, 0.1) is 14.2 Å². The van der Waals surface area contributed by atoms with Gasteiger partial charge in [-0.15, -0.1) is 25.9 Å². The van der Waals surface area contributed by atoms with Gasteiger partial charge in [-0.1, -0.05) is 0 Å². The fourth-order valence-corrected chi connectivity index (χ4v) is 8.54. The highest BCUT2D eigenvalue weighted by Crippen LogP contribution is 2.40. The van der Waals surface area contributed by atoms with Crippen molar-refractivity contribution in [2.45, 2.75) is 26.2 Å². The van der Waals surface area contributed by atoms with Crippen LogP contribution in [-0.2, 0) is 39.6 Å². The Morgan fingerprint density at radius 2 is 0.850 bits per heavy atom. The lowest BCUT2D eigenvalue weighted by Gasteiger charge is -2.08. The van der Waals surface area contributed by atoms with E-state index in [2.05, 4.69) is 9.05 Å². The molecule has 2 atom stereocenters. The van der Waals surface area contributed by atoms with Crippen LogP contribution in [0.4, 0.5) is 0 Å². The first-order chi connectivity index (χ1) is 9.01. The van der Waals surface area contributed by atoms with E-state index in [1.54, 1.807) is 0 Å². The third-order valence-corrected chi connectivity index (χ3v) is 11.5. The summed E-state index contributed by atoms with van der Waals surface area (Å²) in [6, 6.07) is 0. The average molecular weight is 383 g/mol. The minimum atomic E-state index is -2.95. The zero-order valence-corrected chi connectivity index (χ0v) is 16.7. The summed E-state index contributed by atoms with van der Waals surface area (Å²) in [5, 5.41) is 0. The largest absolute Gasteiger partial charge is 0.688 e. The zero-order chi connectivity index (χ0) is 16.0. The molecular weight excluding hydrogens is 365 g/mol. The van der Waals surface area contributed by atoms with E-state index in [1.165, 1.54) is 40.4 Å². The van der Waals surface area contributed by atoms with Crippen LogP contribution in [-0.4, -0.2) is 31.3 Å². The molecule has 0 aliphatic rings. The molecule has 0 aromatic heterocycles. The molecule has 14 heteroatoms. The van der Waals surface area contributed by atoms with E-state index in [4.69, 9.17) is 16.9 Å². The van der Waals surface area contributed by atoms with Crippen molar-refractivity contribution in [1.82, 2.24) is 0 Å². The molecule has 0 N–H and O–H groups in total. The van der Waals surface area contributed by atoms with Crippen molar-refractivity contribution in [2.75, 3.05) is 14.2 Å². The second-order valence-electron chi connectivity index (χ2n) is 4.20. The lowest BCUT2D eigenvalue weighted by molar-refractivity contribution is 0.294. The predicted octanol–water partition coefficient (Wildman–Crippen LogP) is 3.72. The monoisotopic (exact) mass is 383 g/mol. The second kappa shape index (κ2) is 8.82. The molecule has 0 aliphatic carbocycles.